The molecule has 154 valence electrons. The van der Waals surface area contributed by atoms with Gasteiger partial charge in [-0.15, -0.1) is 0 Å². The molecule has 3 rings (SSSR count). The maximum atomic E-state index is 14.3. The second kappa shape index (κ2) is 7.21. The van der Waals surface area contributed by atoms with Crippen LogP contribution in [-0.2, 0) is 16.0 Å². The van der Waals surface area contributed by atoms with Gasteiger partial charge in [0, 0.05) is 28.4 Å². The van der Waals surface area contributed by atoms with Gasteiger partial charge in [-0.05, 0) is 36.8 Å². The smallest absolute Gasteiger partial charge is 0.232 e. The Morgan fingerprint density at radius 2 is 1.59 bits per heavy atom. The van der Waals surface area contributed by atoms with Gasteiger partial charge in [0.25, 0.3) is 0 Å². The summed E-state index contributed by atoms with van der Waals surface area (Å²) >= 11 is 3.25. The summed E-state index contributed by atoms with van der Waals surface area (Å²) in [7, 11) is -4.22. The quantitative estimate of drug-likeness (QED) is 0.463. The molecule has 0 radical (unpaired) electrons. The number of nitrogens with zero attached hydrogens (tertiary/aromatic N) is 2. The summed E-state index contributed by atoms with van der Waals surface area (Å²) in [6, 6.07) is 6.84. The molecule has 0 amide bonds. The molecule has 4 nitrogen and oxygen atoms in total. The Balaban J connectivity index is 2.31. The van der Waals surface area contributed by atoms with Crippen LogP contribution in [0, 0.1) is 18.6 Å². The number of rotatable bonds is 3. The van der Waals surface area contributed by atoms with Crippen molar-refractivity contribution in [2.75, 3.05) is 6.26 Å². The van der Waals surface area contributed by atoms with Crippen LogP contribution in [0.1, 0.15) is 11.3 Å². The molecule has 0 unspecified atom stereocenters. The minimum Gasteiger partial charge on any atom is -0.232 e. The number of hydrogen-bond acceptors (Lipinski definition) is 3. The molecule has 0 aliphatic rings. The fourth-order valence-electron chi connectivity index (χ4n) is 2.83. The van der Waals surface area contributed by atoms with E-state index in [1.165, 1.54) is 6.07 Å². The number of alkyl halides is 3. The van der Waals surface area contributed by atoms with Crippen LogP contribution in [0.2, 0.25) is 0 Å². The van der Waals surface area contributed by atoms with E-state index >= 15 is 0 Å². The number of halogens is 6. The van der Waals surface area contributed by atoms with Crippen LogP contribution in [0.25, 0.3) is 16.9 Å². The van der Waals surface area contributed by atoms with E-state index in [-0.39, 0.29) is 5.69 Å². The first kappa shape index (κ1) is 21.4. The first-order valence-corrected chi connectivity index (χ1v) is 10.6. The van der Waals surface area contributed by atoms with Gasteiger partial charge in [-0.25, -0.2) is 21.9 Å². The van der Waals surface area contributed by atoms with Gasteiger partial charge in [0.05, 0.1) is 11.4 Å². The average molecular weight is 495 g/mol. The zero-order chi connectivity index (χ0) is 21.7. The molecule has 11 heteroatoms. The van der Waals surface area contributed by atoms with Crippen LogP contribution in [0.15, 0.2) is 45.8 Å². The molecule has 29 heavy (non-hydrogen) atoms. The van der Waals surface area contributed by atoms with Crippen LogP contribution in [-0.4, -0.2) is 24.5 Å². The molecule has 0 aliphatic carbocycles. The zero-order valence-corrected chi connectivity index (χ0v) is 17.3. The van der Waals surface area contributed by atoms with E-state index < -0.39 is 43.9 Å². The maximum Gasteiger partial charge on any atom is 0.435 e. The van der Waals surface area contributed by atoms with Crippen LogP contribution >= 0.6 is 15.9 Å². The van der Waals surface area contributed by atoms with Crippen LogP contribution in [0.3, 0.4) is 0 Å². The van der Waals surface area contributed by atoms with Gasteiger partial charge in [-0.3, -0.25) is 0 Å². The molecule has 0 saturated heterocycles. The number of benzene rings is 2. The monoisotopic (exact) mass is 494 g/mol. The third-order valence-electron chi connectivity index (χ3n) is 3.94. The lowest BCUT2D eigenvalue weighted by Crippen LogP contribution is -2.10. The molecular formula is C18H12BrF5N2O2S. The Morgan fingerprint density at radius 3 is 2.07 bits per heavy atom. The Morgan fingerprint density at radius 1 is 1.00 bits per heavy atom. The van der Waals surface area contributed by atoms with Crippen molar-refractivity contribution in [3.63, 3.8) is 0 Å². The summed E-state index contributed by atoms with van der Waals surface area (Å²) in [6.45, 7) is 1.72. The summed E-state index contributed by atoms with van der Waals surface area (Å²) in [5.41, 5.74) is -0.699. The normalized spacial score (nSPS) is 12.4. The molecule has 0 aliphatic heterocycles. The second-order valence-corrected chi connectivity index (χ2v) is 9.22. The highest BCUT2D eigenvalue weighted by Crippen LogP contribution is 2.35. The molecule has 0 saturated carbocycles. The predicted octanol–water partition coefficient (Wildman–Crippen LogP) is 5.31. The van der Waals surface area contributed by atoms with Crippen molar-refractivity contribution < 1.29 is 30.4 Å². The Labute approximate surface area is 171 Å². The topological polar surface area (TPSA) is 52.0 Å². The number of sulfone groups is 1. The first-order valence-electron chi connectivity index (χ1n) is 7.91. The summed E-state index contributed by atoms with van der Waals surface area (Å²) in [6.07, 6.45) is -4.18. The molecule has 0 fully saturated rings. The van der Waals surface area contributed by atoms with E-state index in [1.807, 2.05) is 0 Å². The largest absolute Gasteiger partial charge is 0.435 e. The predicted molar refractivity (Wildman–Crippen MR) is 99.5 cm³/mol. The summed E-state index contributed by atoms with van der Waals surface area (Å²) in [5, 5.41) is 3.46. The summed E-state index contributed by atoms with van der Waals surface area (Å²) in [4.78, 5) is -1.16. The Bertz CT molecular complexity index is 1180. The fraction of sp³-hybridized carbons (Fsp3) is 0.167. The lowest BCUT2D eigenvalue weighted by Gasteiger charge is -2.11. The highest BCUT2D eigenvalue weighted by atomic mass is 79.9. The van der Waals surface area contributed by atoms with Gasteiger partial charge in [-0.1, -0.05) is 15.9 Å². The Kier molecular flexibility index (Phi) is 5.33. The van der Waals surface area contributed by atoms with Crippen molar-refractivity contribution in [2.45, 2.75) is 18.0 Å². The number of aryl methyl sites for hydroxylation is 1. The molecule has 1 aromatic heterocycles. The third kappa shape index (κ3) is 4.35. The zero-order valence-electron chi connectivity index (χ0n) is 14.9. The van der Waals surface area contributed by atoms with Crippen LogP contribution in [0.5, 0.6) is 0 Å². The highest BCUT2D eigenvalue weighted by Gasteiger charge is 2.35. The van der Waals surface area contributed by atoms with E-state index in [2.05, 4.69) is 21.0 Å². The SMILES string of the molecule is Cc1cc(Br)cc(-c2cc(C(F)(F)F)nn2-c2cc(F)c(S(C)(=O)=O)c(F)c2)c1. The molecule has 0 bridgehead atoms. The Hall–Kier alpha value is -2.27. The summed E-state index contributed by atoms with van der Waals surface area (Å²) < 4.78 is 92.8. The van der Waals surface area contributed by atoms with Crippen molar-refractivity contribution in [1.82, 2.24) is 9.78 Å². The molecular weight excluding hydrogens is 483 g/mol. The van der Waals surface area contributed by atoms with E-state index in [0.717, 1.165) is 16.3 Å². The molecule has 3 aromatic rings. The van der Waals surface area contributed by atoms with Crippen molar-refractivity contribution >= 4 is 25.8 Å². The average Bonchev–Trinajstić information content (AvgIpc) is 2.97. The molecule has 0 N–H and O–H groups in total. The van der Waals surface area contributed by atoms with Gasteiger partial charge >= 0.3 is 6.18 Å². The lowest BCUT2D eigenvalue weighted by atomic mass is 10.1. The number of hydrogen-bond donors (Lipinski definition) is 0. The van der Waals surface area contributed by atoms with Crippen molar-refractivity contribution in [3.05, 3.63) is 63.8 Å². The van der Waals surface area contributed by atoms with Gasteiger partial charge in [0.2, 0.25) is 0 Å². The van der Waals surface area contributed by atoms with Gasteiger partial charge < -0.3 is 0 Å². The van der Waals surface area contributed by atoms with Crippen molar-refractivity contribution in [1.29, 1.82) is 0 Å². The second-order valence-electron chi connectivity index (χ2n) is 6.35. The van der Waals surface area contributed by atoms with E-state index in [4.69, 9.17) is 0 Å². The molecule has 0 spiro atoms. The van der Waals surface area contributed by atoms with Crippen LogP contribution < -0.4 is 0 Å². The minimum absolute atomic E-state index is 0.0763. The van der Waals surface area contributed by atoms with Gasteiger partial charge in [0.1, 0.15) is 16.5 Å². The maximum absolute atomic E-state index is 14.3. The van der Waals surface area contributed by atoms with E-state index in [0.29, 0.717) is 28.4 Å². The highest BCUT2D eigenvalue weighted by molar-refractivity contribution is 9.10. The van der Waals surface area contributed by atoms with Crippen molar-refractivity contribution in [3.8, 4) is 16.9 Å². The molecule has 2 aromatic carbocycles. The number of aromatic nitrogens is 2. The summed E-state index contributed by atoms with van der Waals surface area (Å²) in [5.74, 6) is -2.86. The molecule has 0 atom stereocenters. The fourth-order valence-corrected chi connectivity index (χ4v) is 4.26. The van der Waals surface area contributed by atoms with E-state index in [9.17, 15) is 30.4 Å². The minimum atomic E-state index is -4.80. The van der Waals surface area contributed by atoms with E-state index in [1.54, 1.807) is 19.1 Å². The third-order valence-corrected chi connectivity index (χ3v) is 5.53. The first-order chi connectivity index (χ1) is 13.3. The van der Waals surface area contributed by atoms with Gasteiger partial charge in [0.15, 0.2) is 15.5 Å². The standard InChI is InChI=1S/C18H12BrF5N2O2S/c1-9-3-10(5-11(19)4-9)15-8-16(18(22,23)24)25-26(15)12-6-13(20)17(14(21)7-12)29(2,27)28/h3-8H,1-2H3. The molecule has 1 heterocycles. The van der Waals surface area contributed by atoms with Crippen molar-refractivity contribution in [2.24, 2.45) is 0 Å². The van der Waals surface area contributed by atoms with Crippen LogP contribution in [0.4, 0.5) is 22.0 Å². The van der Waals surface area contributed by atoms with Gasteiger partial charge in [-0.2, -0.15) is 18.3 Å². The lowest BCUT2D eigenvalue weighted by molar-refractivity contribution is -0.141.